The molecule has 1 saturated carbocycles. The highest BCUT2D eigenvalue weighted by atomic mass is 35.5. The van der Waals surface area contributed by atoms with E-state index < -0.39 is 11.6 Å². The molecule has 3 aliphatic rings. The van der Waals surface area contributed by atoms with Gasteiger partial charge in [0.1, 0.15) is 10.8 Å². The van der Waals surface area contributed by atoms with Crippen LogP contribution in [-0.4, -0.2) is 39.9 Å². The van der Waals surface area contributed by atoms with E-state index in [-0.39, 0.29) is 23.2 Å². The zero-order valence-electron chi connectivity index (χ0n) is 15.6. The van der Waals surface area contributed by atoms with Crippen LogP contribution < -0.4 is 20.8 Å². The zero-order valence-corrected chi connectivity index (χ0v) is 16.4. The molecular weight excluding hydrogens is 396 g/mol. The number of carbonyl (C=O) groups is 1. The third kappa shape index (κ3) is 3.07. The fourth-order valence-corrected chi connectivity index (χ4v) is 4.93. The second kappa shape index (κ2) is 6.74. The molecule has 1 saturated heterocycles. The number of fused-ring (bicyclic) bond motifs is 2. The van der Waals surface area contributed by atoms with Gasteiger partial charge in [0.2, 0.25) is 5.43 Å². The van der Waals surface area contributed by atoms with Crippen LogP contribution in [0.3, 0.4) is 0 Å². The average Bonchev–Trinajstić information content (AvgIpc) is 3.43. The standard InChI is InChI=1S/C20H21ClN4O4/c21-16-17-12(18(26)15(29-20(27)28)9-25(17)11-4-5-11)6-23-19(16)24-7-10-2-1-3-14(22)13(10)8-24/h1-2,6,9-11,13-14H,3-5,7-8,22H2,(H,27,28)/t10-,13-,14-/m0/s1. The number of hydrogen-bond donors (Lipinski definition) is 2. The number of halogens is 1. The Morgan fingerprint density at radius 1 is 1.34 bits per heavy atom. The third-order valence-corrected chi connectivity index (χ3v) is 6.50. The Balaban J connectivity index is 1.62. The number of pyridine rings is 2. The number of anilines is 1. The SMILES string of the molecule is N[C@H]1CC=C[C@H]2CN(c3ncc4c(=O)c(OC(=O)O)cn(C5CC5)c4c3Cl)C[C@H]12. The van der Waals surface area contributed by atoms with Gasteiger partial charge in [-0.25, -0.2) is 9.78 Å². The fourth-order valence-electron chi connectivity index (χ4n) is 4.57. The molecule has 3 heterocycles. The van der Waals surface area contributed by atoms with Crippen LogP contribution in [0, 0.1) is 11.8 Å². The lowest BCUT2D eigenvalue weighted by molar-refractivity contribution is 0.143. The molecule has 5 rings (SSSR count). The molecule has 2 aromatic heterocycles. The van der Waals surface area contributed by atoms with E-state index in [0.717, 1.165) is 32.4 Å². The molecule has 9 heteroatoms. The largest absolute Gasteiger partial charge is 0.511 e. The van der Waals surface area contributed by atoms with Crippen molar-refractivity contribution in [2.24, 2.45) is 17.6 Å². The van der Waals surface area contributed by atoms with Crippen LogP contribution in [0.1, 0.15) is 25.3 Å². The summed E-state index contributed by atoms with van der Waals surface area (Å²) in [4.78, 5) is 30.3. The number of aromatic nitrogens is 2. The number of nitrogens with zero attached hydrogens (tertiary/aromatic N) is 3. The predicted octanol–water partition coefficient (Wildman–Crippen LogP) is 2.78. The molecule has 2 aromatic rings. The molecule has 0 unspecified atom stereocenters. The van der Waals surface area contributed by atoms with Crippen LogP contribution in [0.5, 0.6) is 5.75 Å². The van der Waals surface area contributed by atoms with Crippen LogP contribution in [0.15, 0.2) is 29.3 Å². The molecule has 0 bridgehead atoms. The summed E-state index contributed by atoms with van der Waals surface area (Å²) in [6.45, 7) is 1.54. The predicted molar refractivity (Wildman–Crippen MR) is 109 cm³/mol. The number of nitrogens with two attached hydrogens (primary N) is 1. The monoisotopic (exact) mass is 416 g/mol. The maximum atomic E-state index is 12.8. The summed E-state index contributed by atoms with van der Waals surface area (Å²) in [6, 6.07) is 0.286. The number of hydrogen-bond acceptors (Lipinski definition) is 6. The number of carboxylic acid groups (broad SMARTS) is 1. The summed E-state index contributed by atoms with van der Waals surface area (Å²) in [5.41, 5.74) is 6.35. The molecular formula is C20H21ClN4O4. The van der Waals surface area contributed by atoms with Gasteiger partial charge >= 0.3 is 6.16 Å². The summed E-state index contributed by atoms with van der Waals surface area (Å²) in [6.07, 6.45) is 8.51. The minimum absolute atomic E-state index is 0.120. The molecule has 1 aliphatic heterocycles. The van der Waals surface area contributed by atoms with Crippen LogP contribution in [-0.2, 0) is 0 Å². The highest BCUT2D eigenvalue weighted by Gasteiger charge is 2.38. The molecule has 0 radical (unpaired) electrons. The van der Waals surface area contributed by atoms with Gasteiger partial charge in [-0.1, -0.05) is 23.8 Å². The van der Waals surface area contributed by atoms with Crippen molar-refractivity contribution < 1.29 is 14.6 Å². The summed E-state index contributed by atoms with van der Waals surface area (Å²) >= 11 is 6.79. The summed E-state index contributed by atoms with van der Waals surface area (Å²) < 4.78 is 6.56. The highest BCUT2D eigenvalue weighted by molar-refractivity contribution is 6.37. The first kappa shape index (κ1) is 18.4. The van der Waals surface area contributed by atoms with E-state index in [1.165, 1.54) is 12.4 Å². The quantitative estimate of drug-likeness (QED) is 0.584. The van der Waals surface area contributed by atoms with Crippen molar-refractivity contribution in [2.75, 3.05) is 18.0 Å². The maximum Gasteiger partial charge on any atom is 0.511 e. The minimum atomic E-state index is -1.52. The normalized spacial score (nSPS) is 26.0. The Labute approximate surface area is 171 Å². The van der Waals surface area contributed by atoms with E-state index in [9.17, 15) is 9.59 Å². The van der Waals surface area contributed by atoms with Crippen molar-refractivity contribution in [3.8, 4) is 5.75 Å². The van der Waals surface area contributed by atoms with Gasteiger partial charge in [-0.15, -0.1) is 0 Å². The Kier molecular flexibility index (Phi) is 4.29. The zero-order chi connectivity index (χ0) is 20.3. The molecule has 2 fully saturated rings. The van der Waals surface area contributed by atoms with Crippen LogP contribution in [0.2, 0.25) is 5.02 Å². The minimum Gasteiger partial charge on any atom is -0.449 e. The smallest absolute Gasteiger partial charge is 0.449 e. The van der Waals surface area contributed by atoms with Gasteiger partial charge in [-0.05, 0) is 25.2 Å². The second-order valence-corrected chi connectivity index (χ2v) is 8.43. The van der Waals surface area contributed by atoms with Gasteiger partial charge < -0.3 is 25.0 Å². The molecule has 0 aromatic carbocycles. The van der Waals surface area contributed by atoms with Crippen LogP contribution >= 0.6 is 11.6 Å². The van der Waals surface area contributed by atoms with E-state index in [1.54, 1.807) is 0 Å². The van der Waals surface area contributed by atoms with Gasteiger partial charge in [0.05, 0.1) is 17.1 Å². The average molecular weight is 417 g/mol. The summed E-state index contributed by atoms with van der Waals surface area (Å²) in [7, 11) is 0. The van der Waals surface area contributed by atoms with Gasteiger partial charge in [-0.2, -0.15) is 0 Å². The van der Waals surface area contributed by atoms with Crippen molar-refractivity contribution in [2.45, 2.75) is 31.3 Å². The molecule has 0 amide bonds. The molecule has 29 heavy (non-hydrogen) atoms. The lowest BCUT2D eigenvalue weighted by Crippen LogP contribution is -2.36. The fraction of sp³-hybridized carbons (Fsp3) is 0.450. The Morgan fingerprint density at radius 3 is 2.83 bits per heavy atom. The first-order valence-electron chi connectivity index (χ1n) is 9.75. The Morgan fingerprint density at radius 2 is 2.14 bits per heavy atom. The second-order valence-electron chi connectivity index (χ2n) is 8.05. The molecule has 152 valence electrons. The third-order valence-electron chi connectivity index (χ3n) is 6.15. The first-order chi connectivity index (χ1) is 13.9. The van der Waals surface area contributed by atoms with Crippen molar-refractivity contribution in [1.29, 1.82) is 0 Å². The van der Waals surface area contributed by atoms with Crippen LogP contribution in [0.25, 0.3) is 10.9 Å². The van der Waals surface area contributed by atoms with Gasteiger partial charge in [0, 0.05) is 37.3 Å². The van der Waals surface area contributed by atoms with Gasteiger partial charge in [-0.3, -0.25) is 4.79 Å². The first-order valence-corrected chi connectivity index (χ1v) is 10.1. The Bertz CT molecular complexity index is 1090. The highest BCUT2D eigenvalue weighted by Crippen LogP contribution is 2.42. The van der Waals surface area contributed by atoms with Crippen LogP contribution in [0.4, 0.5) is 10.6 Å². The van der Waals surface area contributed by atoms with E-state index in [4.69, 9.17) is 27.2 Å². The molecule has 8 nitrogen and oxygen atoms in total. The van der Waals surface area contributed by atoms with E-state index in [2.05, 4.69) is 22.0 Å². The van der Waals surface area contributed by atoms with Crippen molar-refractivity contribution in [3.05, 3.63) is 39.8 Å². The Hall–Kier alpha value is -2.58. The topological polar surface area (TPSA) is 111 Å². The van der Waals surface area contributed by atoms with Gasteiger partial charge in [0.25, 0.3) is 0 Å². The number of rotatable bonds is 3. The molecule has 3 N–H and O–H groups in total. The van der Waals surface area contributed by atoms with E-state index >= 15 is 0 Å². The van der Waals surface area contributed by atoms with Crippen molar-refractivity contribution in [3.63, 3.8) is 0 Å². The lowest BCUT2D eigenvalue weighted by atomic mass is 9.83. The molecule has 2 aliphatic carbocycles. The summed E-state index contributed by atoms with van der Waals surface area (Å²) in [5, 5.41) is 9.61. The number of ether oxygens (including phenoxy) is 1. The maximum absolute atomic E-state index is 12.8. The van der Waals surface area contributed by atoms with Crippen molar-refractivity contribution in [1.82, 2.24) is 9.55 Å². The van der Waals surface area contributed by atoms with Gasteiger partial charge in [0.15, 0.2) is 5.75 Å². The van der Waals surface area contributed by atoms with Crippen molar-refractivity contribution >= 4 is 34.5 Å². The molecule has 3 atom stereocenters. The lowest BCUT2D eigenvalue weighted by Gasteiger charge is -2.25. The summed E-state index contributed by atoms with van der Waals surface area (Å²) in [5.74, 6) is 1.12. The molecule has 0 spiro atoms. The van der Waals surface area contributed by atoms with E-state index in [0.29, 0.717) is 28.2 Å². The van der Waals surface area contributed by atoms with E-state index in [1.807, 2.05) is 4.57 Å².